The first-order chi connectivity index (χ1) is 13.5. The zero-order chi connectivity index (χ0) is 20.4. The lowest BCUT2D eigenvalue weighted by atomic mass is 10.1. The number of rotatable bonds is 10. The Morgan fingerprint density at radius 1 is 0.929 bits per heavy atom. The fourth-order valence-corrected chi connectivity index (χ4v) is 2.89. The Morgan fingerprint density at radius 2 is 1.71 bits per heavy atom. The Morgan fingerprint density at radius 3 is 2.46 bits per heavy atom. The lowest BCUT2D eigenvalue weighted by Crippen LogP contribution is -2.37. The van der Waals surface area contributed by atoms with Crippen LogP contribution in [0.25, 0.3) is 0 Å². The number of benzene rings is 2. The van der Waals surface area contributed by atoms with E-state index in [2.05, 4.69) is 47.1 Å². The lowest BCUT2D eigenvalue weighted by molar-refractivity contribution is -0.120. The number of amides is 2. The molecule has 2 aromatic carbocycles. The van der Waals surface area contributed by atoms with Crippen LogP contribution in [-0.4, -0.2) is 31.4 Å². The van der Waals surface area contributed by atoms with E-state index in [4.69, 9.17) is 23.2 Å². The van der Waals surface area contributed by atoms with Gasteiger partial charge in [0.05, 0.1) is 16.6 Å². The number of nitrogens with one attached hydrogen (secondary N) is 3. The molecule has 3 N–H and O–H groups in total. The third-order valence-electron chi connectivity index (χ3n) is 4.17. The van der Waals surface area contributed by atoms with Crippen LogP contribution in [0.15, 0.2) is 42.5 Å². The molecule has 0 aliphatic rings. The summed E-state index contributed by atoms with van der Waals surface area (Å²) >= 11 is 11.7. The van der Waals surface area contributed by atoms with Crippen molar-refractivity contribution in [2.75, 3.05) is 19.6 Å². The topological polar surface area (TPSA) is 70.2 Å². The summed E-state index contributed by atoms with van der Waals surface area (Å²) < 4.78 is 0. The van der Waals surface area contributed by atoms with E-state index in [0.717, 1.165) is 25.9 Å². The van der Waals surface area contributed by atoms with Crippen molar-refractivity contribution < 1.29 is 9.59 Å². The Kier molecular flexibility index (Phi) is 9.28. The van der Waals surface area contributed by atoms with E-state index >= 15 is 0 Å². The summed E-state index contributed by atoms with van der Waals surface area (Å²) in [5, 5.41) is 9.39. The molecule has 0 aliphatic heterocycles. The first-order valence-corrected chi connectivity index (χ1v) is 10.0. The van der Waals surface area contributed by atoms with Crippen LogP contribution in [-0.2, 0) is 17.8 Å². The Balaban J connectivity index is 1.58. The smallest absolute Gasteiger partial charge is 0.251 e. The van der Waals surface area contributed by atoms with Crippen LogP contribution in [0, 0.1) is 0 Å². The van der Waals surface area contributed by atoms with Crippen molar-refractivity contribution in [3.63, 3.8) is 0 Å². The number of hydrogen-bond donors (Lipinski definition) is 3. The predicted molar refractivity (Wildman–Crippen MR) is 114 cm³/mol. The second kappa shape index (κ2) is 11.7. The molecule has 0 radical (unpaired) electrons. The highest BCUT2D eigenvalue weighted by atomic mass is 35.5. The van der Waals surface area contributed by atoms with Gasteiger partial charge in [-0.1, -0.05) is 54.4 Å². The summed E-state index contributed by atoms with van der Waals surface area (Å²) in [7, 11) is 0. The second-order valence-corrected chi connectivity index (χ2v) is 7.18. The molecule has 0 aromatic heterocycles. The standard InChI is InChI=1S/C21H25Cl2N3O2/c1-2-15-5-3-6-16(11-15)13-24-9-4-10-25-20(27)14-26-21(28)17-7-8-18(22)19(23)12-17/h3,5-8,11-12,24H,2,4,9-10,13-14H2,1H3,(H,25,27)(H,26,28). The summed E-state index contributed by atoms with van der Waals surface area (Å²) in [6, 6.07) is 13.1. The van der Waals surface area contributed by atoms with Gasteiger partial charge in [-0.05, 0) is 48.7 Å². The van der Waals surface area contributed by atoms with Gasteiger partial charge in [0.25, 0.3) is 5.91 Å². The molecule has 7 heteroatoms. The van der Waals surface area contributed by atoms with E-state index in [0.29, 0.717) is 22.2 Å². The zero-order valence-corrected chi connectivity index (χ0v) is 17.4. The molecule has 5 nitrogen and oxygen atoms in total. The highest BCUT2D eigenvalue weighted by Crippen LogP contribution is 2.22. The summed E-state index contributed by atoms with van der Waals surface area (Å²) in [6.07, 6.45) is 1.83. The van der Waals surface area contributed by atoms with E-state index < -0.39 is 0 Å². The molecule has 0 spiro atoms. The van der Waals surface area contributed by atoms with Crippen LogP contribution in [0.1, 0.15) is 34.8 Å². The van der Waals surface area contributed by atoms with E-state index in [-0.39, 0.29) is 18.4 Å². The van der Waals surface area contributed by atoms with Crippen LogP contribution in [0.4, 0.5) is 0 Å². The largest absolute Gasteiger partial charge is 0.355 e. The predicted octanol–water partition coefficient (Wildman–Crippen LogP) is 3.58. The maximum atomic E-state index is 12.0. The van der Waals surface area contributed by atoms with E-state index in [1.807, 2.05) is 0 Å². The van der Waals surface area contributed by atoms with Gasteiger partial charge < -0.3 is 16.0 Å². The summed E-state index contributed by atoms with van der Waals surface area (Å²) in [5.41, 5.74) is 2.95. The maximum Gasteiger partial charge on any atom is 0.251 e. The molecule has 0 aliphatic carbocycles. The molecular formula is C21H25Cl2N3O2. The van der Waals surface area contributed by atoms with Gasteiger partial charge in [-0.2, -0.15) is 0 Å². The molecule has 2 aromatic rings. The molecule has 28 heavy (non-hydrogen) atoms. The number of carbonyl (C=O) groups is 2. The van der Waals surface area contributed by atoms with Crippen LogP contribution in [0.3, 0.4) is 0 Å². The highest BCUT2D eigenvalue weighted by Gasteiger charge is 2.09. The quantitative estimate of drug-likeness (QED) is 0.513. The molecule has 2 amide bonds. The zero-order valence-electron chi connectivity index (χ0n) is 15.9. The molecule has 0 atom stereocenters. The van der Waals surface area contributed by atoms with Gasteiger partial charge >= 0.3 is 0 Å². The number of hydrogen-bond acceptors (Lipinski definition) is 3. The summed E-state index contributed by atoms with van der Waals surface area (Å²) in [5.74, 6) is -0.603. The summed E-state index contributed by atoms with van der Waals surface area (Å²) in [4.78, 5) is 23.8. The molecule has 150 valence electrons. The van der Waals surface area contributed by atoms with Crippen LogP contribution < -0.4 is 16.0 Å². The summed E-state index contributed by atoms with van der Waals surface area (Å²) in [6.45, 7) is 4.20. The van der Waals surface area contributed by atoms with Crippen molar-refractivity contribution in [1.29, 1.82) is 0 Å². The van der Waals surface area contributed by atoms with E-state index in [1.54, 1.807) is 12.1 Å². The first-order valence-electron chi connectivity index (χ1n) is 9.28. The number of carbonyl (C=O) groups excluding carboxylic acids is 2. The minimum atomic E-state index is -0.371. The fraction of sp³-hybridized carbons (Fsp3) is 0.333. The van der Waals surface area contributed by atoms with E-state index in [1.165, 1.54) is 17.2 Å². The third kappa shape index (κ3) is 7.50. The van der Waals surface area contributed by atoms with Crippen molar-refractivity contribution >= 4 is 35.0 Å². The first kappa shape index (κ1) is 22.2. The normalized spacial score (nSPS) is 10.5. The van der Waals surface area contributed by atoms with Crippen LogP contribution >= 0.6 is 23.2 Å². The van der Waals surface area contributed by atoms with Crippen LogP contribution in [0.2, 0.25) is 10.0 Å². The third-order valence-corrected chi connectivity index (χ3v) is 4.91. The van der Waals surface area contributed by atoms with Gasteiger partial charge in [0.1, 0.15) is 0 Å². The SMILES string of the molecule is CCc1cccc(CNCCCNC(=O)CNC(=O)c2ccc(Cl)c(Cl)c2)c1. The Bertz CT molecular complexity index is 812. The van der Waals surface area contributed by atoms with Gasteiger partial charge in [-0.25, -0.2) is 0 Å². The van der Waals surface area contributed by atoms with Crippen molar-refractivity contribution in [2.24, 2.45) is 0 Å². The highest BCUT2D eigenvalue weighted by molar-refractivity contribution is 6.42. The molecule has 0 saturated carbocycles. The van der Waals surface area contributed by atoms with Crippen molar-refractivity contribution in [3.05, 3.63) is 69.2 Å². The monoisotopic (exact) mass is 421 g/mol. The van der Waals surface area contributed by atoms with Crippen molar-refractivity contribution in [2.45, 2.75) is 26.3 Å². The average Bonchev–Trinajstić information content (AvgIpc) is 2.70. The minimum Gasteiger partial charge on any atom is -0.355 e. The minimum absolute atomic E-state index is 0.0870. The van der Waals surface area contributed by atoms with Gasteiger partial charge in [0.15, 0.2) is 0 Å². The molecule has 0 bridgehead atoms. The average molecular weight is 422 g/mol. The molecule has 0 heterocycles. The Labute approximate surface area is 175 Å². The van der Waals surface area contributed by atoms with Crippen molar-refractivity contribution in [3.8, 4) is 0 Å². The molecule has 0 fully saturated rings. The molecular weight excluding hydrogens is 397 g/mol. The molecule has 0 saturated heterocycles. The van der Waals surface area contributed by atoms with Crippen LogP contribution in [0.5, 0.6) is 0 Å². The van der Waals surface area contributed by atoms with Gasteiger partial charge in [-0.15, -0.1) is 0 Å². The molecule has 0 unspecified atom stereocenters. The lowest BCUT2D eigenvalue weighted by Gasteiger charge is -2.09. The fourth-order valence-electron chi connectivity index (χ4n) is 2.60. The number of aryl methyl sites for hydroxylation is 1. The van der Waals surface area contributed by atoms with Crippen molar-refractivity contribution in [1.82, 2.24) is 16.0 Å². The number of halogens is 2. The Hall–Kier alpha value is -2.08. The van der Waals surface area contributed by atoms with E-state index in [9.17, 15) is 9.59 Å². The maximum absolute atomic E-state index is 12.0. The van der Waals surface area contributed by atoms with Gasteiger partial charge in [0, 0.05) is 18.7 Å². The second-order valence-electron chi connectivity index (χ2n) is 6.37. The van der Waals surface area contributed by atoms with Gasteiger partial charge in [-0.3, -0.25) is 9.59 Å². The van der Waals surface area contributed by atoms with Gasteiger partial charge in [0.2, 0.25) is 5.91 Å². The molecule has 2 rings (SSSR count).